The summed E-state index contributed by atoms with van der Waals surface area (Å²) >= 11 is 0. The summed E-state index contributed by atoms with van der Waals surface area (Å²) in [6.45, 7) is 6.33. The van der Waals surface area contributed by atoms with E-state index >= 15 is 0 Å². The normalized spacial score (nSPS) is 12.3. The van der Waals surface area contributed by atoms with Crippen molar-refractivity contribution in [3.63, 3.8) is 0 Å². The molecule has 0 aliphatic carbocycles. The van der Waals surface area contributed by atoms with E-state index in [1.807, 2.05) is 6.92 Å². The van der Waals surface area contributed by atoms with E-state index in [2.05, 4.69) is 4.98 Å². The predicted octanol–water partition coefficient (Wildman–Crippen LogP) is 3.68. The number of oxazole rings is 1. The molecule has 1 aromatic heterocycles. The number of carbonyl (C=O) groups excluding carboxylic acids is 1. The van der Waals surface area contributed by atoms with Crippen LogP contribution in [0.4, 0.5) is 0 Å². The first-order chi connectivity index (χ1) is 16.0. The Bertz CT molecular complexity index is 994. The van der Waals surface area contributed by atoms with Gasteiger partial charge >= 0.3 is 5.97 Å². The number of hydrogen-bond acceptors (Lipinski definition) is 9. The molecule has 0 aliphatic heterocycles. The van der Waals surface area contributed by atoms with Gasteiger partial charge in [-0.2, -0.15) is 0 Å². The highest BCUT2D eigenvalue weighted by atomic mass is 16.6. The van der Waals surface area contributed by atoms with Gasteiger partial charge in [-0.25, -0.2) is 4.98 Å². The minimum Gasteiger partial charge on any atom is -0.493 e. The molecule has 34 heavy (non-hydrogen) atoms. The second-order valence-electron chi connectivity index (χ2n) is 8.94. The van der Waals surface area contributed by atoms with Gasteiger partial charge in [-0.05, 0) is 56.9 Å². The van der Waals surface area contributed by atoms with Gasteiger partial charge in [0.2, 0.25) is 6.54 Å². The van der Waals surface area contributed by atoms with Crippen molar-refractivity contribution in [2.75, 3.05) is 27.4 Å². The largest absolute Gasteiger partial charge is 0.493 e. The van der Waals surface area contributed by atoms with Gasteiger partial charge in [0.25, 0.3) is 0 Å². The summed E-state index contributed by atoms with van der Waals surface area (Å²) in [6, 6.07) is 3.36. The standard InChI is InChI=1S/C24H34N2O8/c1-7-8-21-25-22(20(34-21)14-33-23(28)24(2,3)4)17(13-26(29)30)16-12-19(32-6)18(31-5)11-15(16)9-10-27/h11-12,17,27H,7-10,13-14H2,1-6H3. The van der Waals surface area contributed by atoms with Crippen LogP contribution in [0.15, 0.2) is 16.5 Å². The number of benzene rings is 1. The molecule has 188 valence electrons. The van der Waals surface area contributed by atoms with Gasteiger partial charge in [0.15, 0.2) is 29.8 Å². The number of aliphatic hydroxyl groups is 1. The number of hydrogen-bond donors (Lipinski definition) is 1. The molecule has 0 amide bonds. The van der Waals surface area contributed by atoms with E-state index in [1.54, 1.807) is 32.9 Å². The Balaban J connectivity index is 2.65. The number of aliphatic hydroxyl groups excluding tert-OH is 1. The zero-order chi connectivity index (χ0) is 25.5. The summed E-state index contributed by atoms with van der Waals surface area (Å²) < 4.78 is 22.1. The van der Waals surface area contributed by atoms with Crippen molar-refractivity contribution in [2.45, 2.75) is 59.5 Å². The first kappa shape index (κ1) is 27.1. The molecular formula is C24H34N2O8. The van der Waals surface area contributed by atoms with E-state index in [0.717, 1.165) is 6.42 Å². The number of carbonyl (C=O) groups is 1. The van der Waals surface area contributed by atoms with Gasteiger partial charge in [0.1, 0.15) is 5.69 Å². The average molecular weight is 479 g/mol. The zero-order valence-electron chi connectivity index (χ0n) is 20.7. The maximum absolute atomic E-state index is 12.3. The molecule has 0 bridgehead atoms. The monoisotopic (exact) mass is 478 g/mol. The topological polar surface area (TPSA) is 134 Å². The fourth-order valence-corrected chi connectivity index (χ4v) is 3.54. The van der Waals surface area contributed by atoms with Crippen molar-refractivity contribution in [2.24, 2.45) is 5.41 Å². The third-order valence-corrected chi connectivity index (χ3v) is 5.25. The Morgan fingerprint density at radius 3 is 2.38 bits per heavy atom. The van der Waals surface area contributed by atoms with Crippen LogP contribution in [0.2, 0.25) is 0 Å². The molecule has 0 fully saturated rings. The van der Waals surface area contributed by atoms with Gasteiger partial charge in [-0.15, -0.1) is 0 Å². The number of nitrogens with zero attached hydrogens (tertiary/aromatic N) is 2. The van der Waals surface area contributed by atoms with Crippen molar-refractivity contribution < 1.29 is 33.5 Å². The van der Waals surface area contributed by atoms with Crippen LogP contribution in [-0.4, -0.2) is 48.4 Å². The van der Waals surface area contributed by atoms with E-state index in [1.165, 1.54) is 14.2 Å². The molecule has 2 rings (SSSR count). The van der Waals surface area contributed by atoms with Crippen LogP contribution in [0, 0.1) is 15.5 Å². The lowest BCUT2D eigenvalue weighted by atomic mass is 9.89. The van der Waals surface area contributed by atoms with Crippen molar-refractivity contribution in [3.05, 3.63) is 50.7 Å². The smallest absolute Gasteiger partial charge is 0.311 e. The average Bonchev–Trinajstić information content (AvgIpc) is 3.17. The van der Waals surface area contributed by atoms with Crippen LogP contribution in [0.25, 0.3) is 0 Å². The lowest BCUT2D eigenvalue weighted by Crippen LogP contribution is -2.23. The highest BCUT2D eigenvalue weighted by Crippen LogP contribution is 2.38. The molecule has 1 unspecified atom stereocenters. The Hall–Kier alpha value is -3.14. The van der Waals surface area contributed by atoms with Gasteiger partial charge < -0.3 is 23.7 Å². The summed E-state index contributed by atoms with van der Waals surface area (Å²) in [7, 11) is 2.97. The predicted molar refractivity (Wildman–Crippen MR) is 124 cm³/mol. The molecule has 0 spiro atoms. The number of nitro groups is 1. The highest BCUT2D eigenvalue weighted by Gasteiger charge is 2.32. The van der Waals surface area contributed by atoms with Crippen LogP contribution in [0.1, 0.15) is 68.5 Å². The minimum atomic E-state index is -0.825. The summed E-state index contributed by atoms with van der Waals surface area (Å²) in [4.78, 5) is 28.2. The minimum absolute atomic E-state index is 0.163. The van der Waals surface area contributed by atoms with Crippen molar-refractivity contribution >= 4 is 5.97 Å². The van der Waals surface area contributed by atoms with E-state index in [4.69, 9.17) is 18.6 Å². The quantitative estimate of drug-likeness (QED) is 0.275. The number of rotatable bonds is 12. The third-order valence-electron chi connectivity index (χ3n) is 5.25. The lowest BCUT2D eigenvalue weighted by molar-refractivity contribution is -0.482. The molecule has 1 heterocycles. The Kier molecular flexibility index (Phi) is 9.43. The highest BCUT2D eigenvalue weighted by molar-refractivity contribution is 5.75. The van der Waals surface area contributed by atoms with Gasteiger partial charge in [0, 0.05) is 18.0 Å². The Morgan fingerprint density at radius 2 is 1.85 bits per heavy atom. The molecule has 10 nitrogen and oxygen atoms in total. The molecule has 0 aliphatic rings. The first-order valence-electron chi connectivity index (χ1n) is 11.2. The van der Waals surface area contributed by atoms with Crippen LogP contribution in [-0.2, 0) is 29.0 Å². The molecule has 0 saturated heterocycles. The first-order valence-corrected chi connectivity index (χ1v) is 11.2. The van der Waals surface area contributed by atoms with E-state index < -0.39 is 28.8 Å². The second kappa shape index (κ2) is 11.8. The number of aromatic nitrogens is 1. The zero-order valence-corrected chi connectivity index (χ0v) is 20.7. The summed E-state index contributed by atoms with van der Waals surface area (Å²) in [5, 5.41) is 21.3. The molecule has 0 radical (unpaired) electrons. The molecule has 0 saturated carbocycles. The number of methoxy groups -OCH3 is 2. The van der Waals surface area contributed by atoms with Crippen LogP contribution in [0.5, 0.6) is 11.5 Å². The van der Waals surface area contributed by atoms with Gasteiger partial charge in [-0.3, -0.25) is 14.9 Å². The van der Waals surface area contributed by atoms with Crippen molar-refractivity contribution in [3.8, 4) is 11.5 Å². The Labute approximate surface area is 199 Å². The van der Waals surface area contributed by atoms with E-state index in [0.29, 0.717) is 40.6 Å². The molecule has 1 N–H and O–H groups in total. The van der Waals surface area contributed by atoms with Crippen molar-refractivity contribution in [1.29, 1.82) is 0 Å². The number of ether oxygens (including phenoxy) is 3. The van der Waals surface area contributed by atoms with Crippen LogP contribution in [0.3, 0.4) is 0 Å². The van der Waals surface area contributed by atoms with Crippen LogP contribution < -0.4 is 9.47 Å². The molecular weight excluding hydrogens is 444 g/mol. The third kappa shape index (κ3) is 6.69. The van der Waals surface area contributed by atoms with Gasteiger partial charge in [-0.1, -0.05) is 6.92 Å². The van der Waals surface area contributed by atoms with Crippen molar-refractivity contribution in [1.82, 2.24) is 4.98 Å². The fourth-order valence-electron chi connectivity index (χ4n) is 3.54. The fraction of sp³-hybridized carbons (Fsp3) is 0.583. The van der Waals surface area contributed by atoms with Crippen LogP contribution >= 0.6 is 0 Å². The summed E-state index contributed by atoms with van der Waals surface area (Å²) in [6.07, 6.45) is 1.53. The SMILES string of the molecule is CCCc1nc(C(C[N+](=O)[O-])c2cc(OC)c(OC)cc2CCO)c(COC(=O)C(C)(C)C)o1. The number of aryl methyl sites for hydroxylation is 1. The Morgan fingerprint density at radius 1 is 1.21 bits per heavy atom. The number of esters is 1. The molecule has 2 aromatic rings. The second-order valence-corrected chi connectivity index (χ2v) is 8.94. The molecule has 1 aromatic carbocycles. The summed E-state index contributed by atoms with van der Waals surface area (Å²) in [5.41, 5.74) is 0.825. The maximum atomic E-state index is 12.3. The molecule has 10 heteroatoms. The van der Waals surface area contributed by atoms with E-state index in [9.17, 15) is 20.0 Å². The van der Waals surface area contributed by atoms with Gasteiger partial charge in [0.05, 0.1) is 25.6 Å². The van der Waals surface area contributed by atoms with E-state index in [-0.39, 0.29) is 25.4 Å². The summed E-state index contributed by atoms with van der Waals surface area (Å²) in [5.74, 6) is 0.263. The molecule has 1 atom stereocenters. The lowest BCUT2D eigenvalue weighted by Gasteiger charge is -2.20. The maximum Gasteiger partial charge on any atom is 0.311 e.